The number of amides is 1. The Morgan fingerprint density at radius 3 is 2.31 bits per heavy atom. The summed E-state index contributed by atoms with van der Waals surface area (Å²) >= 11 is 0. The molecule has 0 saturated heterocycles. The van der Waals surface area contributed by atoms with E-state index in [4.69, 9.17) is 18.9 Å². The lowest BCUT2D eigenvalue weighted by Crippen LogP contribution is -2.33. The number of ether oxygens (including phenoxy) is 4. The van der Waals surface area contributed by atoms with Crippen molar-refractivity contribution in [1.29, 1.82) is 0 Å². The number of carbonyl (C=O) groups excluding carboxylic acids is 2. The second-order valence-electron chi connectivity index (χ2n) is 11.6. The largest absolute Gasteiger partial charge is 0.493 e. The predicted molar refractivity (Wildman–Crippen MR) is 185 cm³/mol. The summed E-state index contributed by atoms with van der Waals surface area (Å²) in [4.78, 5) is 30.1. The molecule has 1 aliphatic rings. The summed E-state index contributed by atoms with van der Waals surface area (Å²) in [5.74, 6) is 1.91. The van der Waals surface area contributed by atoms with Crippen molar-refractivity contribution in [1.82, 2.24) is 10.3 Å². The zero-order chi connectivity index (χ0) is 33.1. The molecule has 2 N–H and O–H groups in total. The van der Waals surface area contributed by atoms with Gasteiger partial charge in [0.15, 0.2) is 11.5 Å². The van der Waals surface area contributed by atoms with Gasteiger partial charge in [0.05, 0.1) is 19.2 Å². The molecular formula is C39H39N3O6. The third-order valence-corrected chi connectivity index (χ3v) is 8.24. The molecule has 9 heteroatoms. The van der Waals surface area contributed by atoms with Gasteiger partial charge in [0.1, 0.15) is 23.6 Å². The summed E-state index contributed by atoms with van der Waals surface area (Å²) in [7, 11) is 1.59. The summed E-state index contributed by atoms with van der Waals surface area (Å²) in [5, 5.41) is 7.03. The van der Waals surface area contributed by atoms with Crippen LogP contribution in [0.25, 0.3) is 10.9 Å². The SMILES string of the molecule is COc1cc2c(Oc3ccc(NC(=O)c4ccccc4)cc3)ccnc2cc1OCCCN[C@H](C(=O)OC1CCCC1)c1ccccc1. The molecule has 0 spiro atoms. The van der Waals surface area contributed by atoms with Gasteiger partial charge in [-0.3, -0.25) is 9.78 Å². The van der Waals surface area contributed by atoms with Crippen LogP contribution in [0.1, 0.15) is 54.1 Å². The van der Waals surface area contributed by atoms with Crippen LogP contribution in [-0.2, 0) is 9.53 Å². The molecule has 1 saturated carbocycles. The van der Waals surface area contributed by atoms with Gasteiger partial charge in [-0.1, -0.05) is 48.5 Å². The monoisotopic (exact) mass is 645 g/mol. The molecule has 1 heterocycles. The number of hydrogen-bond acceptors (Lipinski definition) is 8. The van der Waals surface area contributed by atoms with Crippen molar-refractivity contribution >= 4 is 28.5 Å². The van der Waals surface area contributed by atoms with Crippen LogP contribution in [0, 0.1) is 0 Å². The molecule has 0 radical (unpaired) electrons. The van der Waals surface area contributed by atoms with Crippen molar-refractivity contribution in [3.63, 3.8) is 0 Å². The molecule has 0 aliphatic heterocycles. The maximum absolute atomic E-state index is 13.1. The number of rotatable bonds is 14. The summed E-state index contributed by atoms with van der Waals surface area (Å²) in [6.07, 6.45) is 6.41. The number of nitrogens with one attached hydrogen (secondary N) is 2. The van der Waals surface area contributed by atoms with E-state index >= 15 is 0 Å². The number of fused-ring (bicyclic) bond motifs is 1. The Hall–Kier alpha value is -5.41. The standard InChI is InChI=1S/C39H39N3O6/c1-45-35-25-32-33(40-23-21-34(32)47-31-19-17-29(18-20-31)42-38(43)28-13-6-3-7-14-28)26-36(35)46-24-10-22-41-37(27-11-4-2-5-12-27)39(44)48-30-15-8-9-16-30/h2-7,11-14,17-21,23,25-26,30,37,41H,8-10,15-16,22,24H2,1H3,(H,42,43)/t37-/m0/s1. The smallest absolute Gasteiger partial charge is 0.328 e. The third kappa shape index (κ3) is 8.29. The third-order valence-electron chi connectivity index (χ3n) is 8.24. The van der Waals surface area contributed by atoms with Gasteiger partial charge in [0.25, 0.3) is 5.91 Å². The highest BCUT2D eigenvalue weighted by molar-refractivity contribution is 6.04. The average Bonchev–Trinajstić information content (AvgIpc) is 3.64. The van der Waals surface area contributed by atoms with E-state index < -0.39 is 6.04 Å². The van der Waals surface area contributed by atoms with Crippen LogP contribution >= 0.6 is 0 Å². The van der Waals surface area contributed by atoms with E-state index in [-0.39, 0.29) is 18.0 Å². The van der Waals surface area contributed by atoms with Gasteiger partial charge in [0.2, 0.25) is 0 Å². The summed E-state index contributed by atoms with van der Waals surface area (Å²) in [5.41, 5.74) is 2.82. The zero-order valence-corrected chi connectivity index (χ0v) is 26.9. The Balaban J connectivity index is 1.06. The van der Waals surface area contributed by atoms with Crippen LogP contribution in [0.3, 0.4) is 0 Å². The Labute approximate surface area is 280 Å². The van der Waals surface area contributed by atoms with Crippen molar-refractivity contribution in [2.24, 2.45) is 0 Å². The maximum atomic E-state index is 13.1. The van der Waals surface area contributed by atoms with Crippen LogP contribution in [0.2, 0.25) is 0 Å². The molecule has 1 atom stereocenters. The quantitative estimate of drug-likeness (QED) is 0.0928. The lowest BCUT2D eigenvalue weighted by atomic mass is 10.1. The van der Waals surface area contributed by atoms with Crippen molar-refractivity contribution in [3.05, 3.63) is 120 Å². The first-order valence-corrected chi connectivity index (χ1v) is 16.3. The fourth-order valence-corrected chi connectivity index (χ4v) is 5.74. The highest BCUT2D eigenvalue weighted by Gasteiger charge is 2.26. The number of esters is 1. The Morgan fingerprint density at radius 2 is 1.58 bits per heavy atom. The molecule has 5 aromatic rings. The Kier molecular flexibility index (Phi) is 10.8. The average molecular weight is 646 g/mol. The van der Waals surface area contributed by atoms with Crippen molar-refractivity contribution in [2.75, 3.05) is 25.6 Å². The Bertz CT molecular complexity index is 1810. The molecule has 246 valence electrons. The number of anilines is 1. The maximum Gasteiger partial charge on any atom is 0.328 e. The number of nitrogens with zero attached hydrogens (tertiary/aromatic N) is 1. The number of carbonyl (C=O) groups is 2. The molecule has 6 rings (SSSR count). The number of benzene rings is 4. The molecule has 0 bridgehead atoms. The Morgan fingerprint density at radius 1 is 0.854 bits per heavy atom. The summed E-state index contributed by atoms with van der Waals surface area (Å²) in [6.45, 7) is 0.956. The van der Waals surface area contributed by atoms with Crippen molar-refractivity contribution in [3.8, 4) is 23.0 Å². The molecule has 48 heavy (non-hydrogen) atoms. The van der Waals surface area contributed by atoms with E-state index in [1.807, 2.05) is 60.7 Å². The first kappa shape index (κ1) is 32.5. The van der Waals surface area contributed by atoms with E-state index in [1.165, 1.54) is 0 Å². The summed E-state index contributed by atoms with van der Waals surface area (Å²) < 4.78 is 23.8. The summed E-state index contributed by atoms with van der Waals surface area (Å²) in [6, 6.07) is 30.9. The van der Waals surface area contributed by atoms with Crippen LogP contribution in [0.4, 0.5) is 5.69 Å². The van der Waals surface area contributed by atoms with Gasteiger partial charge in [-0.2, -0.15) is 0 Å². The second kappa shape index (κ2) is 15.9. The first-order valence-electron chi connectivity index (χ1n) is 16.3. The number of hydrogen-bond donors (Lipinski definition) is 2. The number of aromatic nitrogens is 1. The van der Waals surface area contributed by atoms with E-state index in [9.17, 15) is 9.59 Å². The molecule has 1 aromatic heterocycles. The topological polar surface area (TPSA) is 108 Å². The van der Waals surface area contributed by atoms with Gasteiger partial charge < -0.3 is 29.6 Å². The molecule has 0 unspecified atom stereocenters. The van der Waals surface area contributed by atoms with Crippen molar-refractivity contribution < 1.29 is 28.5 Å². The van der Waals surface area contributed by atoms with Gasteiger partial charge in [-0.25, -0.2) is 4.79 Å². The molecule has 1 amide bonds. The zero-order valence-electron chi connectivity index (χ0n) is 26.9. The van der Waals surface area contributed by atoms with E-state index in [2.05, 4.69) is 15.6 Å². The van der Waals surface area contributed by atoms with Crippen LogP contribution in [0.15, 0.2) is 109 Å². The predicted octanol–water partition coefficient (Wildman–Crippen LogP) is 7.87. The number of methoxy groups -OCH3 is 1. The number of pyridine rings is 1. The van der Waals surface area contributed by atoms with Crippen LogP contribution in [-0.4, -0.2) is 43.2 Å². The van der Waals surface area contributed by atoms with E-state index in [0.29, 0.717) is 59.3 Å². The normalized spacial score (nSPS) is 13.5. The minimum atomic E-state index is -0.533. The highest BCUT2D eigenvalue weighted by Crippen LogP contribution is 2.37. The molecule has 1 aliphatic carbocycles. The lowest BCUT2D eigenvalue weighted by Gasteiger charge is -2.21. The van der Waals surface area contributed by atoms with Gasteiger partial charge in [0, 0.05) is 28.9 Å². The fourth-order valence-electron chi connectivity index (χ4n) is 5.74. The van der Waals surface area contributed by atoms with E-state index in [1.54, 1.807) is 55.8 Å². The first-order chi connectivity index (χ1) is 23.6. The second-order valence-corrected chi connectivity index (χ2v) is 11.6. The molecular weight excluding hydrogens is 606 g/mol. The molecule has 4 aromatic carbocycles. The van der Waals surface area contributed by atoms with E-state index in [0.717, 1.165) is 36.6 Å². The van der Waals surface area contributed by atoms with Crippen LogP contribution < -0.4 is 24.8 Å². The minimum absolute atomic E-state index is 0.00806. The van der Waals surface area contributed by atoms with Gasteiger partial charge >= 0.3 is 5.97 Å². The minimum Gasteiger partial charge on any atom is -0.493 e. The highest BCUT2D eigenvalue weighted by atomic mass is 16.5. The lowest BCUT2D eigenvalue weighted by molar-refractivity contribution is -0.151. The van der Waals surface area contributed by atoms with Crippen LogP contribution in [0.5, 0.6) is 23.0 Å². The molecule has 9 nitrogen and oxygen atoms in total. The fraction of sp³-hybridized carbons (Fsp3) is 0.256. The van der Waals surface area contributed by atoms with Gasteiger partial charge in [-0.15, -0.1) is 0 Å². The van der Waals surface area contributed by atoms with Gasteiger partial charge in [-0.05, 0) is 92.7 Å². The van der Waals surface area contributed by atoms with Crippen molar-refractivity contribution in [2.45, 2.75) is 44.2 Å². The molecule has 1 fully saturated rings.